The molecule has 2 N–H and O–H groups in total. The first-order valence-corrected chi connectivity index (χ1v) is 9.41. The average molecular weight is 362 g/mol. The highest BCUT2D eigenvalue weighted by Crippen LogP contribution is 2.42. The van der Waals surface area contributed by atoms with Crippen molar-refractivity contribution in [2.75, 3.05) is 20.1 Å². The third-order valence-corrected chi connectivity index (χ3v) is 6.03. The monoisotopic (exact) mass is 362 g/mol. The highest BCUT2D eigenvalue weighted by molar-refractivity contribution is 5.81. The topological polar surface area (TPSA) is 83.8 Å². The number of hydrogen-bond acceptors (Lipinski definition) is 4. The van der Waals surface area contributed by atoms with Crippen LogP contribution in [0.3, 0.4) is 0 Å². The maximum absolute atomic E-state index is 13.2. The van der Waals surface area contributed by atoms with Gasteiger partial charge in [0.1, 0.15) is 0 Å². The Labute approximate surface area is 154 Å². The number of esters is 1. The molecular weight excluding hydrogens is 334 g/mol. The summed E-state index contributed by atoms with van der Waals surface area (Å²) >= 11 is 0. The van der Waals surface area contributed by atoms with Crippen LogP contribution in [0.5, 0.6) is 0 Å². The van der Waals surface area contributed by atoms with Gasteiger partial charge in [0.15, 0.2) is 12.1 Å². The largest absolute Gasteiger partial charge is 0.477 e. The Hall–Kier alpha value is -1.92. The fraction of sp³-hybridized carbons (Fsp3) is 0.600. The standard InChI is InChI=1S/C20H27NO5/c1-21(14-18(22)23)13-7-12-17(21)26-19(24)20(25,16-10-5-6-11-16)15-8-3-2-4-9-15/h2-4,8-9,16-17,25H,5-7,10-14H2,1H3/p+1/t17?,20-,21?/m0/s1. The van der Waals surface area contributed by atoms with E-state index in [1.165, 1.54) is 0 Å². The number of carbonyl (C=O) groups excluding carboxylic acids is 1. The molecule has 2 aliphatic rings. The molecule has 1 saturated heterocycles. The van der Waals surface area contributed by atoms with Crippen molar-refractivity contribution in [3.05, 3.63) is 35.9 Å². The Kier molecular flexibility index (Phi) is 5.34. The molecule has 1 aliphatic heterocycles. The summed E-state index contributed by atoms with van der Waals surface area (Å²) in [7, 11) is 1.80. The average Bonchev–Trinajstić information content (AvgIpc) is 3.25. The predicted molar refractivity (Wildman–Crippen MR) is 95.0 cm³/mol. The number of quaternary nitrogens is 1. The van der Waals surface area contributed by atoms with E-state index in [9.17, 15) is 19.8 Å². The SMILES string of the molecule is C[N+]1(CC(=O)O)CCCC1OC(=O)[C@](O)(c1ccccc1)C1CCCC1. The maximum atomic E-state index is 13.2. The van der Waals surface area contributed by atoms with Crippen molar-refractivity contribution >= 4 is 11.9 Å². The number of rotatable bonds is 6. The molecule has 2 fully saturated rings. The number of carboxylic acids is 1. The van der Waals surface area contributed by atoms with Crippen molar-refractivity contribution in [1.82, 2.24) is 0 Å². The summed E-state index contributed by atoms with van der Waals surface area (Å²) in [5, 5.41) is 20.7. The van der Waals surface area contributed by atoms with Crippen LogP contribution in [0.2, 0.25) is 0 Å². The zero-order valence-electron chi connectivity index (χ0n) is 15.3. The number of aliphatic carboxylic acids is 1. The fourth-order valence-electron chi connectivity index (χ4n) is 4.53. The van der Waals surface area contributed by atoms with Crippen molar-refractivity contribution in [3.8, 4) is 0 Å². The van der Waals surface area contributed by atoms with Crippen molar-refractivity contribution in [3.63, 3.8) is 0 Å². The summed E-state index contributed by atoms with van der Waals surface area (Å²) in [5.41, 5.74) is -1.11. The minimum Gasteiger partial charge on any atom is -0.477 e. The van der Waals surface area contributed by atoms with Crippen molar-refractivity contribution in [1.29, 1.82) is 0 Å². The van der Waals surface area contributed by atoms with Crippen LogP contribution in [-0.4, -0.2) is 53.0 Å². The van der Waals surface area contributed by atoms with Gasteiger partial charge in [0.2, 0.25) is 6.23 Å². The van der Waals surface area contributed by atoms with Crippen LogP contribution in [-0.2, 0) is 19.9 Å². The summed E-state index contributed by atoms with van der Waals surface area (Å²) in [6.07, 6.45) is 4.43. The van der Waals surface area contributed by atoms with Gasteiger partial charge in [-0.2, -0.15) is 0 Å². The molecule has 1 aliphatic carbocycles. The van der Waals surface area contributed by atoms with Gasteiger partial charge >= 0.3 is 11.9 Å². The molecule has 1 heterocycles. The number of ether oxygens (including phenoxy) is 1. The molecule has 6 heteroatoms. The van der Waals surface area contributed by atoms with Crippen LogP contribution in [0.15, 0.2) is 30.3 Å². The summed E-state index contributed by atoms with van der Waals surface area (Å²) in [6.45, 7) is 0.558. The predicted octanol–water partition coefficient (Wildman–Crippen LogP) is 2.26. The minimum absolute atomic E-state index is 0.0921. The number of carbonyl (C=O) groups is 2. The summed E-state index contributed by atoms with van der Waals surface area (Å²) in [5.74, 6) is -1.72. The molecule has 142 valence electrons. The molecule has 0 bridgehead atoms. The Balaban J connectivity index is 1.85. The van der Waals surface area contributed by atoms with Gasteiger partial charge in [-0.3, -0.25) is 4.48 Å². The molecule has 26 heavy (non-hydrogen) atoms. The zero-order chi connectivity index (χ0) is 18.8. The van der Waals surface area contributed by atoms with E-state index in [1.54, 1.807) is 19.2 Å². The van der Waals surface area contributed by atoms with E-state index in [4.69, 9.17) is 4.74 Å². The first-order valence-electron chi connectivity index (χ1n) is 9.41. The van der Waals surface area contributed by atoms with Crippen LogP contribution in [0.1, 0.15) is 44.1 Å². The lowest BCUT2D eigenvalue weighted by Gasteiger charge is -2.37. The van der Waals surface area contributed by atoms with Crippen molar-refractivity contribution < 1.29 is 29.0 Å². The Bertz CT molecular complexity index is 657. The fourth-order valence-corrected chi connectivity index (χ4v) is 4.53. The van der Waals surface area contributed by atoms with Gasteiger partial charge in [0.05, 0.1) is 13.6 Å². The summed E-state index contributed by atoms with van der Waals surface area (Å²) < 4.78 is 5.94. The highest BCUT2D eigenvalue weighted by Gasteiger charge is 2.51. The minimum atomic E-state index is -1.67. The lowest BCUT2D eigenvalue weighted by Crippen LogP contribution is -2.55. The Morgan fingerprint density at radius 2 is 1.81 bits per heavy atom. The molecule has 0 radical (unpaired) electrons. The number of benzene rings is 1. The first-order chi connectivity index (χ1) is 12.4. The molecule has 6 nitrogen and oxygen atoms in total. The Morgan fingerprint density at radius 3 is 2.42 bits per heavy atom. The molecule has 1 saturated carbocycles. The van der Waals surface area contributed by atoms with Crippen LogP contribution in [0, 0.1) is 5.92 Å². The second-order valence-electron chi connectivity index (χ2n) is 7.87. The molecule has 1 aromatic rings. The third-order valence-electron chi connectivity index (χ3n) is 6.03. The number of nitrogens with zero attached hydrogens (tertiary/aromatic N) is 1. The van der Waals surface area contributed by atoms with Crippen LogP contribution >= 0.6 is 0 Å². The van der Waals surface area contributed by atoms with Gasteiger partial charge in [0, 0.05) is 18.8 Å². The zero-order valence-corrected chi connectivity index (χ0v) is 15.3. The number of carboxylic acid groups (broad SMARTS) is 1. The first kappa shape index (κ1) is 18.9. The van der Waals surface area contributed by atoms with Crippen LogP contribution in [0.25, 0.3) is 0 Å². The number of hydrogen-bond donors (Lipinski definition) is 2. The Morgan fingerprint density at radius 1 is 1.15 bits per heavy atom. The van der Waals surface area contributed by atoms with Gasteiger partial charge < -0.3 is 14.9 Å². The van der Waals surface area contributed by atoms with E-state index in [-0.39, 0.29) is 16.9 Å². The van der Waals surface area contributed by atoms with E-state index in [0.717, 1.165) is 32.1 Å². The van der Waals surface area contributed by atoms with Gasteiger partial charge in [0.25, 0.3) is 0 Å². The van der Waals surface area contributed by atoms with E-state index >= 15 is 0 Å². The van der Waals surface area contributed by atoms with E-state index in [1.807, 2.05) is 18.2 Å². The van der Waals surface area contributed by atoms with Crippen LogP contribution in [0.4, 0.5) is 0 Å². The number of aliphatic hydroxyl groups is 1. The highest BCUT2D eigenvalue weighted by atomic mass is 16.6. The molecular formula is C20H28NO5+. The second kappa shape index (κ2) is 7.37. The van der Waals surface area contributed by atoms with Crippen molar-refractivity contribution in [2.24, 2.45) is 5.92 Å². The molecule has 1 aromatic carbocycles. The molecule has 0 spiro atoms. The van der Waals surface area contributed by atoms with E-state index < -0.39 is 23.8 Å². The maximum Gasteiger partial charge on any atom is 0.359 e. The second-order valence-corrected chi connectivity index (χ2v) is 7.87. The summed E-state index contributed by atoms with van der Waals surface area (Å²) in [4.78, 5) is 24.4. The van der Waals surface area contributed by atoms with Gasteiger partial charge in [-0.25, -0.2) is 9.59 Å². The van der Waals surface area contributed by atoms with E-state index in [2.05, 4.69) is 0 Å². The number of likely N-dealkylation sites (N-methyl/N-ethyl adjacent to an activating group) is 1. The van der Waals surface area contributed by atoms with Gasteiger partial charge in [-0.15, -0.1) is 0 Å². The quantitative estimate of drug-likeness (QED) is 0.599. The van der Waals surface area contributed by atoms with Gasteiger partial charge in [-0.1, -0.05) is 43.2 Å². The molecule has 0 amide bonds. The molecule has 2 unspecified atom stereocenters. The van der Waals surface area contributed by atoms with Crippen molar-refractivity contribution in [2.45, 2.75) is 50.4 Å². The van der Waals surface area contributed by atoms with E-state index in [0.29, 0.717) is 18.5 Å². The molecule has 3 rings (SSSR count). The van der Waals surface area contributed by atoms with Gasteiger partial charge in [-0.05, 0) is 18.4 Å². The lowest BCUT2D eigenvalue weighted by atomic mass is 9.80. The normalized spacial score (nSPS) is 28.6. The number of likely N-dealkylation sites (tertiary alicyclic amines) is 1. The molecule has 0 aromatic heterocycles. The lowest BCUT2D eigenvalue weighted by molar-refractivity contribution is -0.933. The third kappa shape index (κ3) is 3.48. The smallest absolute Gasteiger partial charge is 0.359 e. The van der Waals surface area contributed by atoms with Crippen LogP contribution < -0.4 is 0 Å². The summed E-state index contributed by atoms with van der Waals surface area (Å²) in [6, 6.07) is 8.99. The molecule has 3 atom stereocenters.